The van der Waals surface area contributed by atoms with E-state index < -0.39 is 6.09 Å². The number of hydrogen-bond donors (Lipinski definition) is 1. The van der Waals surface area contributed by atoms with E-state index in [9.17, 15) is 4.79 Å². The molecule has 0 radical (unpaired) electrons. The molecule has 0 saturated heterocycles. The predicted octanol–water partition coefficient (Wildman–Crippen LogP) is 1.82. The van der Waals surface area contributed by atoms with Crippen molar-refractivity contribution in [3.8, 4) is 12.3 Å². The largest absolute Gasteiger partial charge is 0.465 e. The van der Waals surface area contributed by atoms with Crippen LogP contribution < -0.4 is 0 Å². The van der Waals surface area contributed by atoms with E-state index in [1.165, 1.54) is 4.90 Å². The number of amides is 1. The minimum absolute atomic E-state index is 0.305. The highest BCUT2D eigenvalue weighted by molar-refractivity contribution is 5.65. The Labute approximate surface area is 109 Å². The van der Waals surface area contributed by atoms with E-state index in [-0.39, 0.29) is 5.54 Å². The van der Waals surface area contributed by atoms with Crippen molar-refractivity contribution in [1.29, 1.82) is 0 Å². The van der Waals surface area contributed by atoms with E-state index in [0.717, 1.165) is 12.8 Å². The third kappa shape index (κ3) is 7.15. The second-order valence-corrected chi connectivity index (χ2v) is 4.63. The van der Waals surface area contributed by atoms with E-state index in [1.54, 1.807) is 7.05 Å². The van der Waals surface area contributed by atoms with E-state index >= 15 is 0 Å². The summed E-state index contributed by atoms with van der Waals surface area (Å²) in [6.07, 6.45) is 5.67. The van der Waals surface area contributed by atoms with Crippen molar-refractivity contribution in [3.05, 3.63) is 0 Å². The van der Waals surface area contributed by atoms with Crippen LogP contribution in [0.3, 0.4) is 0 Å². The van der Waals surface area contributed by atoms with Crippen molar-refractivity contribution in [2.24, 2.45) is 0 Å². The van der Waals surface area contributed by atoms with Crippen molar-refractivity contribution >= 4 is 6.09 Å². The average molecular weight is 257 g/mol. The van der Waals surface area contributed by atoms with Crippen LogP contribution in [0.15, 0.2) is 0 Å². The molecule has 5 heteroatoms. The first-order valence-corrected chi connectivity index (χ1v) is 5.97. The zero-order chi connectivity index (χ0) is 14.0. The van der Waals surface area contributed by atoms with Gasteiger partial charge in [-0.1, -0.05) is 5.92 Å². The molecule has 0 heterocycles. The Hall–Kier alpha value is -1.25. The van der Waals surface area contributed by atoms with Gasteiger partial charge >= 0.3 is 6.09 Å². The van der Waals surface area contributed by atoms with Gasteiger partial charge in [0.15, 0.2) is 0 Å². The molecule has 1 N–H and O–H groups in total. The molecule has 0 aliphatic heterocycles. The molecular formula is C13H23NO4. The lowest BCUT2D eigenvalue weighted by Gasteiger charge is -2.33. The highest BCUT2D eigenvalue weighted by atomic mass is 16.5. The van der Waals surface area contributed by atoms with Crippen LogP contribution >= 0.6 is 0 Å². The van der Waals surface area contributed by atoms with Crippen LogP contribution in [-0.4, -0.2) is 55.1 Å². The summed E-state index contributed by atoms with van der Waals surface area (Å²) >= 11 is 0. The van der Waals surface area contributed by atoms with Crippen molar-refractivity contribution in [1.82, 2.24) is 4.90 Å². The number of nitrogens with zero attached hydrogens (tertiary/aromatic N) is 1. The number of carbonyl (C=O) groups is 1. The SMILES string of the molecule is C#CCOCCOCCCC(C)(C)N(C)C(=O)O. The van der Waals surface area contributed by atoms with E-state index in [2.05, 4.69) is 5.92 Å². The summed E-state index contributed by atoms with van der Waals surface area (Å²) in [7, 11) is 1.58. The van der Waals surface area contributed by atoms with Gasteiger partial charge in [-0.25, -0.2) is 4.79 Å². The zero-order valence-corrected chi connectivity index (χ0v) is 11.4. The number of hydrogen-bond acceptors (Lipinski definition) is 3. The van der Waals surface area contributed by atoms with Crippen LogP contribution in [0.2, 0.25) is 0 Å². The van der Waals surface area contributed by atoms with Gasteiger partial charge in [0, 0.05) is 19.2 Å². The first-order chi connectivity index (χ1) is 8.41. The van der Waals surface area contributed by atoms with Gasteiger partial charge in [0.2, 0.25) is 0 Å². The molecule has 0 aromatic heterocycles. The monoisotopic (exact) mass is 257 g/mol. The van der Waals surface area contributed by atoms with Crippen LogP contribution in [0.1, 0.15) is 26.7 Å². The van der Waals surface area contributed by atoms with E-state index in [4.69, 9.17) is 21.0 Å². The second-order valence-electron chi connectivity index (χ2n) is 4.63. The number of ether oxygens (including phenoxy) is 2. The molecule has 0 aromatic rings. The first-order valence-electron chi connectivity index (χ1n) is 5.97. The molecule has 0 aliphatic carbocycles. The highest BCUT2D eigenvalue weighted by Gasteiger charge is 2.26. The van der Waals surface area contributed by atoms with Gasteiger partial charge in [0.1, 0.15) is 6.61 Å². The van der Waals surface area contributed by atoms with Crippen molar-refractivity contribution in [2.75, 3.05) is 33.5 Å². The van der Waals surface area contributed by atoms with Gasteiger partial charge < -0.3 is 19.5 Å². The van der Waals surface area contributed by atoms with E-state index in [1.807, 2.05) is 13.8 Å². The van der Waals surface area contributed by atoms with Crippen molar-refractivity contribution < 1.29 is 19.4 Å². The molecule has 0 atom stereocenters. The maximum Gasteiger partial charge on any atom is 0.407 e. The molecule has 18 heavy (non-hydrogen) atoms. The van der Waals surface area contributed by atoms with Gasteiger partial charge in [-0.2, -0.15) is 0 Å². The minimum Gasteiger partial charge on any atom is -0.465 e. The standard InChI is InChI=1S/C13H23NO4/c1-5-8-17-10-11-18-9-6-7-13(2,3)14(4)12(15)16/h1H,6-11H2,2-4H3,(H,15,16). The maximum atomic E-state index is 10.8. The Morgan fingerprint density at radius 1 is 1.33 bits per heavy atom. The first kappa shape index (κ1) is 16.8. The van der Waals surface area contributed by atoms with Crippen LogP contribution in [0.25, 0.3) is 0 Å². The molecular weight excluding hydrogens is 234 g/mol. The molecule has 0 fully saturated rings. The fourth-order valence-corrected chi connectivity index (χ4v) is 1.38. The normalized spacial score (nSPS) is 11.0. The van der Waals surface area contributed by atoms with E-state index in [0.29, 0.717) is 26.4 Å². The number of terminal acetylenes is 1. The molecule has 5 nitrogen and oxygen atoms in total. The van der Waals surface area contributed by atoms with Crippen molar-refractivity contribution in [3.63, 3.8) is 0 Å². The lowest BCUT2D eigenvalue weighted by molar-refractivity contribution is 0.0511. The minimum atomic E-state index is -0.913. The Bertz CT molecular complexity index is 283. The van der Waals surface area contributed by atoms with Crippen molar-refractivity contribution in [2.45, 2.75) is 32.2 Å². The maximum absolute atomic E-state index is 10.8. The van der Waals surface area contributed by atoms with Crippen LogP contribution in [0, 0.1) is 12.3 Å². The lowest BCUT2D eigenvalue weighted by Crippen LogP contribution is -2.44. The number of carboxylic acid groups (broad SMARTS) is 1. The fourth-order valence-electron chi connectivity index (χ4n) is 1.38. The predicted molar refractivity (Wildman–Crippen MR) is 69.6 cm³/mol. The van der Waals surface area contributed by atoms with Crippen LogP contribution in [-0.2, 0) is 9.47 Å². The van der Waals surface area contributed by atoms with Gasteiger partial charge in [0.05, 0.1) is 13.2 Å². The highest BCUT2D eigenvalue weighted by Crippen LogP contribution is 2.18. The van der Waals surface area contributed by atoms with Gasteiger partial charge in [-0.15, -0.1) is 6.42 Å². The van der Waals surface area contributed by atoms with Crippen LogP contribution in [0.5, 0.6) is 0 Å². The van der Waals surface area contributed by atoms with Gasteiger partial charge in [0.25, 0.3) is 0 Å². The Balaban J connectivity index is 3.59. The molecule has 0 aromatic carbocycles. The molecule has 0 saturated carbocycles. The summed E-state index contributed by atoms with van der Waals surface area (Å²) in [5.41, 5.74) is -0.380. The molecule has 0 spiro atoms. The Morgan fingerprint density at radius 3 is 2.50 bits per heavy atom. The Morgan fingerprint density at radius 2 is 1.94 bits per heavy atom. The summed E-state index contributed by atoms with van der Waals surface area (Å²) in [5, 5.41) is 8.90. The molecule has 0 unspecified atom stereocenters. The quantitative estimate of drug-likeness (QED) is 0.505. The topological polar surface area (TPSA) is 59.0 Å². The van der Waals surface area contributed by atoms with Gasteiger partial charge in [-0.3, -0.25) is 0 Å². The third-order valence-electron chi connectivity index (χ3n) is 2.83. The zero-order valence-electron chi connectivity index (χ0n) is 11.4. The molecule has 0 bridgehead atoms. The number of rotatable bonds is 9. The molecule has 1 amide bonds. The average Bonchev–Trinajstić information content (AvgIpc) is 2.31. The molecule has 104 valence electrons. The summed E-state index contributed by atoms with van der Waals surface area (Å²) < 4.78 is 10.4. The summed E-state index contributed by atoms with van der Waals surface area (Å²) in [5.74, 6) is 2.37. The summed E-state index contributed by atoms with van der Waals surface area (Å²) in [6, 6.07) is 0. The summed E-state index contributed by atoms with van der Waals surface area (Å²) in [4.78, 5) is 12.2. The second kappa shape index (κ2) is 8.78. The Kier molecular flexibility index (Phi) is 8.17. The fraction of sp³-hybridized carbons (Fsp3) is 0.769. The van der Waals surface area contributed by atoms with Gasteiger partial charge in [-0.05, 0) is 26.7 Å². The summed E-state index contributed by atoms with van der Waals surface area (Å²) in [6.45, 7) is 5.70. The smallest absolute Gasteiger partial charge is 0.407 e. The van der Waals surface area contributed by atoms with Crippen LogP contribution in [0.4, 0.5) is 4.79 Å². The lowest BCUT2D eigenvalue weighted by atomic mass is 9.97. The third-order valence-corrected chi connectivity index (χ3v) is 2.83. The molecule has 0 rings (SSSR count). The molecule has 0 aliphatic rings.